The number of carbonyl (C=O) groups excluding carboxylic acids is 1. The predicted octanol–water partition coefficient (Wildman–Crippen LogP) is 3.76. The highest BCUT2D eigenvalue weighted by Gasteiger charge is 2.27. The Balaban J connectivity index is 1.83. The number of anilines is 1. The summed E-state index contributed by atoms with van der Waals surface area (Å²) in [6.07, 6.45) is 0.887. The van der Waals surface area contributed by atoms with Crippen LogP contribution in [0.2, 0.25) is 0 Å². The van der Waals surface area contributed by atoms with Gasteiger partial charge in [0.05, 0.1) is 19.3 Å². The molecule has 4 heteroatoms. The maximum Gasteiger partial charge on any atom is 0.241 e. The smallest absolute Gasteiger partial charge is 0.241 e. The minimum absolute atomic E-state index is 0.172. The average molecular weight is 340 g/mol. The van der Waals surface area contributed by atoms with Gasteiger partial charge in [-0.25, -0.2) is 0 Å². The van der Waals surface area contributed by atoms with Gasteiger partial charge >= 0.3 is 0 Å². The van der Waals surface area contributed by atoms with E-state index in [1.54, 1.807) is 0 Å². The van der Waals surface area contributed by atoms with Crippen molar-refractivity contribution < 1.29 is 9.53 Å². The van der Waals surface area contributed by atoms with Gasteiger partial charge in [0.25, 0.3) is 0 Å². The number of nitrogens with one attached hydrogen (secondary N) is 1. The summed E-state index contributed by atoms with van der Waals surface area (Å²) in [5.74, 6) is -0.172. The molecular formula is C21H28N2O2. The molecule has 0 aliphatic heterocycles. The molecule has 0 saturated carbocycles. The van der Waals surface area contributed by atoms with E-state index in [4.69, 9.17) is 10.5 Å². The molecule has 0 aliphatic rings. The molecule has 0 heterocycles. The average Bonchev–Trinajstić information content (AvgIpc) is 2.58. The van der Waals surface area contributed by atoms with Gasteiger partial charge in [-0.15, -0.1) is 0 Å². The Morgan fingerprint density at radius 3 is 2.44 bits per heavy atom. The molecular weight excluding hydrogens is 312 g/mol. The predicted molar refractivity (Wildman–Crippen MR) is 102 cm³/mol. The molecule has 0 bridgehead atoms. The fourth-order valence-electron chi connectivity index (χ4n) is 2.38. The van der Waals surface area contributed by atoms with Crippen LogP contribution in [0, 0.1) is 5.41 Å². The van der Waals surface area contributed by atoms with Gasteiger partial charge < -0.3 is 15.8 Å². The van der Waals surface area contributed by atoms with Crippen LogP contribution in [0.1, 0.15) is 31.9 Å². The normalized spacial score (nSPS) is 12.6. The van der Waals surface area contributed by atoms with E-state index in [0.717, 1.165) is 17.7 Å². The van der Waals surface area contributed by atoms with Crippen molar-refractivity contribution in [3.05, 3.63) is 65.7 Å². The van der Waals surface area contributed by atoms with Gasteiger partial charge in [-0.05, 0) is 35.1 Å². The van der Waals surface area contributed by atoms with Crippen LogP contribution < -0.4 is 11.1 Å². The molecule has 0 aromatic heterocycles. The minimum atomic E-state index is -0.557. The molecule has 1 atom stereocenters. The number of nitrogens with two attached hydrogens (primary N) is 1. The molecule has 2 aromatic rings. The molecule has 0 radical (unpaired) electrons. The zero-order valence-corrected chi connectivity index (χ0v) is 15.3. The number of rotatable bonds is 7. The van der Waals surface area contributed by atoms with Crippen LogP contribution in [-0.2, 0) is 22.6 Å². The zero-order chi connectivity index (χ0) is 18.3. The lowest BCUT2D eigenvalue weighted by atomic mass is 9.87. The van der Waals surface area contributed by atoms with E-state index in [1.807, 2.05) is 63.2 Å². The Bertz CT molecular complexity index is 678. The van der Waals surface area contributed by atoms with Crippen LogP contribution >= 0.6 is 0 Å². The number of carbonyl (C=O) groups is 1. The molecule has 2 aromatic carbocycles. The second-order valence-electron chi connectivity index (χ2n) is 7.32. The van der Waals surface area contributed by atoms with Crippen LogP contribution in [0.15, 0.2) is 54.6 Å². The first kappa shape index (κ1) is 19.2. The van der Waals surface area contributed by atoms with E-state index < -0.39 is 6.04 Å². The molecule has 134 valence electrons. The second-order valence-corrected chi connectivity index (χ2v) is 7.32. The van der Waals surface area contributed by atoms with Gasteiger partial charge in [0.15, 0.2) is 0 Å². The summed E-state index contributed by atoms with van der Waals surface area (Å²) in [5, 5.41) is 2.89. The summed E-state index contributed by atoms with van der Waals surface area (Å²) in [4.78, 5) is 12.2. The fourth-order valence-corrected chi connectivity index (χ4v) is 2.38. The highest BCUT2D eigenvalue weighted by atomic mass is 16.5. The summed E-state index contributed by atoms with van der Waals surface area (Å²) in [6, 6.07) is 17.4. The molecule has 25 heavy (non-hydrogen) atoms. The number of ether oxygens (including phenoxy) is 1. The van der Waals surface area contributed by atoms with Crippen molar-refractivity contribution in [3.63, 3.8) is 0 Å². The summed E-state index contributed by atoms with van der Waals surface area (Å²) < 4.78 is 5.75. The molecule has 0 spiro atoms. The third kappa shape index (κ3) is 6.33. The van der Waals surface area contributed by atoms with E-state index in [0.29, 0.717) is 13.2 Å². The first-order chi connectivity index (χ1) is 11.9. The lowest BCUT2D eigenvalue weighted by molar-refractivity contribution is -0.119. The summed E-state index contributed by atoms with van der Waals surface area (Å²) in [6.45, 7) is 7.04. The maximum atomic E-state index is 12.2. The van der Waals surface area contributed by atoms with Crippen LogP contribution in [0.5, 0.6) is 0 Å². The van der Waals surface area contributed by atoms with Crippen molar-refractivity contribution in [1.82, 2.24) is 0 Å². The summed E-state index contributed by atoms with van der Waals surface area (Å²) in [7, 11) is 0. The lowest BCUT2D eigenvalue weighted by Gasteiger charge is -2.25. The van der Waals surface area contributed by atoms with Gasteiger partial charge in [-0.1, -0.05) is 63.2 Å². The Hall–Kier alpha value is -2.17. The zero-order valence-electron chi connectivity index (χ0n) is 15.3. The second kappa shape index (κ2) is 8.79. The van der Waals surface area contributed by atoms with E-state index >= 15 is 0 Å². The quantitative estimate of drug-likeness (QED) is 0.754. The van der Waals surface area contributed by atoms with Crippen molar-refractivity contribution >= 4 is 11.6 Å². The Labute approximate surface area is 150 Å². The molecule has 0 unspecified atom stereocenters. The molecule has 2 rings (SSSR count). The number of hydrogen-bond acceptors (Lipinski definition) is 3. The summed E-state index contributed by atoms with van der Waals surface area (Å²) in [5.41, 5.74) is 8.75. The van der Waals surface area contributed by atoms with E-state index in [2.05, 4.69) is 17.4 Å². The number of benzene rings is 2. The Morgan fingerprint density at radius 2 is 1.76 bits per heavy atom. The van der Waals surface area contributed by atoms with Crippen LogP contribution in [0.4, 0.5) is 5.69 Å². The van der Waals surface area contributed by atoms with Gasteiger partial charge in [-0.2, -0.15) is 0 Å². The third-order valence-corrected chi connectivity index (χ3v) is 4.06. The first-order valence-corrected chi connectivity index (χ1v) is 8.63. The first-order valence-electron chi connectivity index (χ1n) is 8.63. The van der Waals surface area contributed by atoms with E-state index in [1.165, 1.54) is 5.56 Å². The molecule has 0 aliphatic carbocycles. The van der Waals surface area contributed by atoms with Gasteiger partial charge in [-0.3, -0.25) is 4.79 Å². The minimum Gasteiger partial charge on any atom is -0.376 e. The van der Waals surface area contributed by atoms with Crippen LogP contribution in [0.3, 0.4) is 0 Å². The monoisotopic (exact) mass is 340 g/mol. The number of amides is 1. The van der Waals surface area contributed by atoms with Crippen molar-refractivity contribution in [2.75, 3.05) is 11.9 Å². The highest BCUT2D eigenvalue weighted by molar-refractivity contribution is 5.95. The van der Waals surface area contributed by atoms with Crippen LogP contribution in [0.25, 0.3) is 0 Å². The Morgan fingerprint density at radius 1 is 1.08 bits per heavy atom. The Kier molecular flexibility index (Phi) is 6.73. The standard InChI is InChI=1S/C21H28N2O2/c1-21(2,3)19(22)20(24)23-18-11-7-10-17(14-18)15-25-13-12-16-8-5-4-6-9-16/h4-11,14,19H,12-13,15,22H2,1-3H3,(H,23,24)/t19-/m1/s1. The lowest BCUT2D eigenvalue weighted by Crippen LogP contribution is -2.45. The molecule has 3 N–H and O–H groups in total. The van der Waals surface area contributed by atoms with Crippen LogP contribution in [-0.4, -0.2) is 18.6 Å². The number of hydrogen-bond donors (Lipinski definition) is 2. The highest BCUT2D eigenvalue weighted by Crippen LogP contribution is 2.19. The third-order valence-electron chi connectivity index (χ3n) is 4.06. The van der Waals surface area contributed by atoms with Gasteiger partial charge in [0.1, 0.15) is 0 Å². The van der Waals surface area contributed by atoms with Crippen molar-refractivity contribution in [2.24, 2.45) is 11.1 Å². The van der Waals surface area contributed by atoms with Gasteiger partial charge in [0.2, 0.25) is 5.91 Å². The SMILES string of the molecule is CC(C)(C)[C@H](N)C(=O)Nc1cccc(COCCc2ccccc2)c1. The molecule has 0 fully saturated rings. The molecule has 4 nitrogen and oxygen atoms in total. The van der Waals surface area contributed by atoms with E-state index in [-0.39, 0.29) is 11.3 Å². The van der Waals surface area contributed by atoms with Crippen molar-refractivity contribution in [1.29, 1.82) is 0 Å². The van der Waals surface area contributed by atoms with Crippen molar-refractivity contribution in [3.8, 4) is 0 Å². The fraction of sp³-hybridized carbons (Fsp3) is 0.381. The summed E-state index contributed by atoms with van der Waals surface area (Å²) >= 11 is 0. The topological polar surface area (TPSA) is 64.4 Å². The maximum absolute atomic E-state index is 12.2. The molecule has 1 amide bonds. The van der Waals surface area contributed by atoms with Crippen molar-refractivity contribution in [2.45, 2.75) is 39.8 Å². The largest absolute Gasteiger partial charge is 0.376 e. The van der Waals surface area contributed by atoms with Gasteiger partial charge in [0, 0.05) is 5.69 Å². The van der Waals surface area contributed by atoms with E-state index in [9.17, 15) is 4.79 Å². The molecule has 0 saturated heterocycles.